The fourth-order valence-electron chi connectivity index (χ4n) is 1.13. The van der Waals surface area contributed by atoms with Crippen LogP contribution in [-0.4, -0.2) is 23.8 Å². The van der Waals surface area contributed by atoms with Crippen LogP contribution in [0.15, 0.2) is 18.3 Å². The largest absolute Gasteiger partial charge is 0.491 e. The third kappa shape index (κ3) is 5.33. The summed E-state index contributed by atoms with van der Waals surface area (Å²) in [5.74, 6) is 1.18. The van der Waals surface area contributed by atoms with Crippen molar-refractivity contribution in [3.8, 4) is 5.75 Å². The maximum atomic E-state index is 5.68. The molecular weight excluding hydrogens is 226 g/mol. The van der Waals surface area contributed by atoms with Crippen LogP contribution in [0.2, 0.25) is 0 Å². The molecule has 0 aliphatic carbocycles. The average Bonchev–Trinajstić information content (AvgIpc) is 2.23. The van der Waals surface area contributed by atoms with Crippen LogP contribution < -0.4 is 4.74 Å². The summed E-state index contributed by atoms with van der Waals surface area (Å²) in [6.45, 7) is 7.16. The molecule has 0 saturated heterocycles. The summed E-state index contributed by atoms with van der Waals surface area (Å²) in [5.41, 5.74) is 0.694. The highest BCUT2D eigenvalue weighted by atomic mass is 35.5. The van der Waals surface area contributed by atoms with Crippen molar-refractivity contribution in [1.29, 1.82) is 0 Å². The maximum Gasteiger partial charge on any atom is 0.122 e. The lowest BCUT2D eigenvalue weighted by Crippen LogP contribution is -2.22. The molecule has 0 fully saturated rings. The van der Waals surface area contributed by atoms with Crippen molar-refractivity contribution in [1.82, 2.24) is 4.98 Å². The van der Waals surface area contributed by atoms with Gasteiger partial charge in [-0.15, -0.1) is 11.6 Å². The van der Waals surface area contributed by atoms with Gasteiger partial charge in [-0.05, 0) is 26.8 Å². The van der Waals surface area contributed by atoms with Crippen molar-refractivity contribution in [2.75, 3.05) is 13.2 Å². The molecule has 90 valence electrons. The van der Waals surface area contributed by atoms with E-state index in [0.29, 0.717) is 19.1 Å². The Labute approximate surface area is 102 Å². The molecule has 1 aromatic rings. The molecule has 1 heterocycles. The molecular formula is C12H18ClNO2. The molecule has 3 nitrogen and oxygen atoms in total. The number of hydrogen-bond donors (Lipinski definition) is 0. The van der Waals surface area contributed by atoms with Crippen molar-refractivity contribution in [2.45, 2.75) is 32.3 Å². The Balaban J connectivity index is 2.32. The van der Waals surface area contributed by atoms with E-state index in [2.05, 4.69) is 4.98 Å². The Morgan fingerprint density at radius 2 is 2.06 bits per heavy atom. The Morgan fingerprint density at radius 1 is 1.31 bits per heavy atom. The number of aromatic nitrogens is 1. The van der Waals surface area contributed by atoms with Gasteiger partial charge < -0.3 is 9.47 Å². The first-order chi connectivity index (χ1) is 7.51. The molecule has 4 heteroatoms. The summed E-state index contributed by atoms with van der Waals surface area (Å²) in [4.78, 5) is 4.08. The third-order valence-corrected chi connectivity index (χ3v) is 2.09. The van der Waals surface area contributed by atoms with E-state index in [-0.39, 0.29) is 5.60 Å². The van der Waals surface area contributed by atoms with E-state index in [0.717, 1.165) is 11.4 Å². The average molecular weight is 244 g/mol. The fraction of sp³-hybridized carbons (Fsp3) is 0.583. The van der Waals surface area contributed by atoms with Crippen LogP contribution in [0.5, 0.6) is 5.75 Å². The van der Waals surface area contributed by atoms with Crippen LogP contribution in [-0.2, 0) is 10.6 Å². The van der Waals surface area contributed by atoms with E-state index in [1.165, 1.54) is 0 Å². The zero-order valence-electron chi connectivity index (χ0n) is 10.00. The number of pyridine rings is 1. The maximum absolute atomic E-state index is 5.68. The van der Waals surface area contributed by atoms with Crippen molar-refractivity contribution in [3.63, 3.8) is 0 Å². The predicted octanol–water partition coefficient (Wildman–Crippen LogP) is 3.01. The van der Waals surface area contributed by atoms with Gasteiger partial charge in [0.1, 0.15) is 12.4 Å². The molecule has 0 radical (unpaired) electrons. The summed E-state index contributed by atoms with van der Waals surface area (Å²) >= 11 is 5.68. The fourth-order valence-corrected chi connectivity index (χ4v) is 1.27. The quantitative estimate of drug-likeness (QED) is 0.589. The van der Waals surface area contributed by atoms with E-state index < -0.39 is 0 Å². The van der Waals surface area contributed by atoms with Crippen LogP contribution in [0.3, 0.4) is 0 Å². The zero-order chi connectivity index (χ0) is 12.0. The van der Waals surface area contributed by atoms with Gasteiger partial charge in [-0.2, -0.15) is 0 Å². The smallest absolute Gasteiger partial charge is 0.122 e. The Kier molecular flexibility index (Phi) is 5.03. The van der Waals surface area contributed by atoms with Gasteiger partial charge in [-0.25, -0.2) is 0 Å². The van der Waals surface area contributed by atoms with Gasteiger partial charge in [0, 0.05) is 12.3 Å². The number of alkyl halides is 1. The van der Waals surface area contributed by atoms with Gasteiger partial charge in [0.15, 0.2) is 0 Å². The van der Waals surface area contributed by atoms with Gasteiger partial charge >= 0.3 is 0 Å². The monoisotopic (exact) mass is 243 g/mol. The second-order valence-corrected chi connectivity index (χ2v) is 4.69. The van der Waals surface area contributed by atoms with Gasteiger partial charge in [0.25, 0.3) is 0 Å². The summed E-state index contributed by atoms with van der Waals surface area (Å²) in [6.07, 6.45) is 1.69. The standard InChI is InChI=1S/C12H18ClNO2/c1-12(2,3)16-7-6-15-11-4-5-14-10(8-11)9-13/h4-5,8H,6-7,9H2,1-3H3. The molecule has 0 aromatic carbocycles. The second-order valence-electron chi connectivity index (χ2n) is 4.43. The minimum Gasteiger partial charge on any atom is -0.491 e. The van der Waals surface area contributed by atoms with E-state index in [9.17, 15) is 0 Å². The summed E-state index contributed by atoms with van der Waals surface area (Å²) in [6, 6.07) is 3.65. The van der Waals surface area contributed by atoms with Crippen LogP contribution >= 0.6 is 11.6 Å². The lowest BCUT2D eigenvalue weighted by molar-refractivity contribution is -0.0163. The van der Waals surface area contributed by atoms with Crippen molar-refractivity contribution in [2.24, 2.45) is 0 Å². The molecule has 0 N–H and O–H groups in total. The predicted molar refractivity (Wildman–Crippen MR) is 65.0 cm³/mol. The lowest BCUT2D eigenvalue weighted by Gasteiger charge is -2.19. The zero-order valence-corrected chi connectivity index (χ0v) is 10.8. The number of ether oxygens (including phenoxy) is 2. The topological polar surface area (TPSA) is 31.4 Å². The SMILES string of the molecule is CC(C)(C)OCCOc1ccnc(CCl)c1. The summed E-state index contributed by atoms with van der Waals surface area (Å²) in [5, 5.41) is 0. The molecule has 1 rings (SSSR count). The minimum atomic E-state index is -0.122. The molecule has 0 amide bonds. The van der Waals surface area contributed by atoms with Gasteiger partial charge in [-0.1, -0.05) is 0 Å². The molecule has 0 aliphatic rings. The third-order valence-electron chi connectivity index (χ3n) is 1.81. The van der Waals surface area contributed by atoms with Crippen molar-refractivity contribution >= 4 is 11.6 Å². The van der Waals surface area contributed by atoms with E-state index in [4.69, 9.17) is 21.1 Å². The normalized spacial score (nSPS) is 11.5. The van der Waals surface area contributed by atoms with Gasteiger partial charge in [0.05, 0.1) is 23.8 Å². The first-order valence-corrected chi connectivity index (χ1v) is 5.82. The van der Waals surface area contributed by atoms with Crippen LogP contribution in [0.25, 0.3) is 0 Å². The molecule has 0 unspecified atom stereocenters. The molecule has 0 bridgehead atoms. The van der Waals surface area contributed by atoms with Crippen LogP contribution in [0, 0.1) is 0 Å². The molecule has 1 aromatic heterocycles. The Hall–Kier alpha value is -0.800. The molecule has 0 atom stereocenters. The molecule has 0 saturated carbocycles. The lowest BCUT2D eigenvalue weighted by atomic mass is 10.2. The molecule has 16 heavy (non-hydrogen) atoms. The van der Waals surface area contributed by atoms with Crippen LogP contribution in [0.1, 0.15) is 26.5 Å². The Morgan fingerprint density at radius 3 is 2.69 bits per heavy atom. The number of hydrogen-bond acceptors (Lipinski definition) is 3. The summed E-state index contributed by atoms with van der Waals surface area (Å²) in [7, 11) is 0. The number of nitrogens with zero attached hydrogens (tertiary/aromatic N) is 1. The number of rotatable bonds is 5. The Bertz CT molecular complexity index is 323. The second kappa shape index (κ2) is 6.06. The van der Waals surface area contributed by atoms with Crippen molar-refractivity contribution < 1.29 is 9.47 Å². The first kappa shape index (κ1) is 13.3. The van der Waals surface area contributed by atoms with E-state index >= 15 is 0 Å². The van der Waals surface area contributed by atoms with E-state index in [1.54, 1.807) is 6.20 Å². The molecule has 0 spiro atoms. The molecule has 0 aliphatic heterocycles. The highest BCUT2D eigenvalue weighted by Gasteiger charge is 2.09. The van der Waals surface area contributed by atoms with Gasteiger partial charge in [-0.3, -0.25) is 4.98 Å². The highest BCUT2D eigenvalue weighted by Crippen LogP contribution is 2.12. The highest BCUT2D eigenvalue weighted by molar-refractivity contribution is 6.16. The van der Waals surface area contributed by atoms with E-state index in [1.807, 2.05) is 32.9 Å². The van der Waals surface area contributed by atoms with Crippen molar-refractivity contribution in [3.05, 3.63) is 24.0 Å². The first-order valence-electron chi connectivity index (χ1n) is 5.29. The summed E-state index contributed by atoms with van der Waals surface area (Å²) < 4.78 is 11.1. The van der Waals surface area contributed by atoms with Crippen LogP contribution in [0.4, 0.5) is 0 Å². The number of halogens is 1. The van der Waals surface area contributed by atoms with Gasteiger partial charge in [0.2, 0.25) is 0 Å². The minimum absolute atomic E-state index is 0.122.